The first-order chi connectivity index (χ1) is 16.1. The van der Waals surface area contributed by atoms with Gasteiger partial charge in [-0.15, -0.1) is 0 Å². The van der Waals surface area contributed by atoms with Crippen LogP contribution in [0.25, 0.3) is 6.08 Å². The maximum Gasteiger partial charge on any atom is 0.293 e. The Morgan fingerprint density at radius 3 is 2.21 bits per heavy atom. The van der Waals surface area contributed by atoms with Crippen molar-refractivity contribution >= 4 is 40.4 Å². The third-order valence-corrected chi connectivity index (χ3v) is 6.14. The summed E-state index contributed by atoms with van der Waals surface area (Å²) in [5.74, 6) is 0.870. The van der Waals surface area contributed by atoms with E-state index >= 15 is 0 Å². The SMILES string of the molecule is COc1ccccc1OCCN1C(=O)S/C(=C\c2ccc(N(C)c3ccccc3)cc2)C1=O. The van der Waals surface area contributed by atoms with Crippen molar-refractivity contribution in [3.8, 4) is 11.5 Å². The minimum Gasteiger partial charge on any atom is -0.493 e. The molecule has 2 amide bonds. The van der Waals surface area contributed by atoms with E-state index in [1.54, 1.807) is 25.3 Å². The molecule has 1 aliphatic rings. The van der Waals surface area contributed by atoms with Crippen LogP contribution in [0.4, 0.5) is 16.2 Å². The van der Waals surface area contributed by atoms with Gasteiger partial charge in [0.15, 0.2) is 11.5 Å². The van der Waals surface area contributed by atoms with Gasteiger partial charge in [-0.2, -0.15) is 0 Å². The van der Waals surface area contributed by atoms with Crippen molar-refractivity contribution in [3.05, 3.63) is 89.3 Å². The first-order valence-corrected chi connectivity index (χ1v) is 11.3. The maximum atomic E-state index is 12.8. The molecule has 0 aliphatic carbocycles. The Morgan fingerprint density at radius 2 is 1.52 bits per heavy atom. The summed E-state index contributed by atoms with van der Waals surface area (Å²) in [5.41, 5.74) is 2.97. The molecule has 0 spiro atoms. The Morgan fingerprint density at radius 1 is 0.879 bits per heavy atom. The monoisotopic (exact) mass is 460 g/mol. The number of imide groups is 1. The molecule has 1 saturated heterocycles. The zero-order valence-electron chi connectivity index (χ0n) is 18.4. The van der Waals surface area contributed by atoms with Crippen molar-refractivity contribution in [3.63, 3.8) is 0 Å². The lowest BCUT2D eigenvalue weighted by Gasteiger charge is -2.19. The second kappa shape index (κ2) is 10.3. The van der Waals surface area contributed by atoms with Gasteiger partial charge in [0, 0.05) is 18.4 Å². The standard InChI is InChI=1S/C26H24N2O4S/c1-27(20-8-4-3-5-9-20)21-14-12-19(13-15-21)18-24-25(29)28(26(30)33-24)16-17-32-23-11-7-6-10-22(23)31-2/h3-15,18H,16-17H2,1-2H3/b24-18-. The number of thioether (sulfide) groups is 1. The minimum absolute atomic E-state index is 0.168. The predicted octanol–water partition coefficient (Wildman–Crippen LogP) is 5.58. The predicted molar refractivity (Wildman–Crippen MR) is 132 cm³/mol. The molecule has 7 heteroatoms. The van der Waals surface area contributed by atoms with E-state index in [-0.39, 0.29) is 24.3 Å². The van der Waals surface area contributed by atoms with Crippen molar-refractivity contribution in [2.24, 2.45) is 0 Å². The lowest BCUT2D eigenvalue weighted by molar-refractivity contribution is -0.123. The van der Waals surface area contributed by atoms with E-state index in [0.717, 1.165) is 28.7 Å². The molecule has 1 heterocycles. The molecule has 0 N–H and O–H groups in total. The van der Waals surface area contributed by atoms with Crippen LogP contribution in [-0.4, -0.2) is 43.4 Å². The van der Waals surface area contributed by atoms with Crippen molar-refractivity contribution in [1.82, 2.24) is 4.90 Å². The molecule has 0 aromatic heterocycles. The zero-order valence-corrected chi connectivity index (χ0v) is 19.2. The van der Waals surface area contributed by atoms with Gasteiger partial charge in [-0.3, -0.25) is 14.5 Å². The van der Waals surface area contributed by atoms with E-state index < -0.39 is 0 Å². The van der Waals surface area contributed by atoms with Gasteiger partial charge in [-0.05, 0) is 59.8 Å². The van der Waals surface area contributed by atoms with Gasteiger partial charge in [0.2, 0.25) is 0 Å². The number of nitrogens with zero attached hydrogens (tertiary/aromatic N) is 2. The topological polar surface area (TPSA) is 59.1 Å². The molecule has 1 fully saturated rings. The first-order valence-electron chi connectivity index (χ1n) is 10.5. The Bertz CT molecular complexity index is 1160. The number of carbonyl (C=O) groups is 2. The molecule has 0 saturated carbocycles. The molecule has 0 bridgehead atoms. The van der Waals surface area contributed by atoms with Gasteiger partial charge in [0.05, 0.1) is 18.6 Å². The highest BCUT2D eigenvalue weighted by atomic mass is 32.2. The van der Waals surface area contributed by atoms with Crippen LogP contribution in [-0.2, 0) is 4.79 Å². The first kappa shape index (κ1) is 22.5. The zero-order chi connectivity index (χ0) is 23.2. The van der Waals surface area contributed by atoms with Crippen molar-refractivity contribution in [2.45, 2.75) is 0 Å². The van der Waals surface area contributed by atoms with Crippen LogP contribution >= 0.6 is 11.8 Å². The molecule has 4 rings (SSSR count). The fourth-order valence-electron chi connectivity index (χ4n) is 3.42. The second-order valence-electron chi connectivity index (χ2n) is 7.32. The lowest BCUT2D eigenvalue weighted by Crippen LogP contribution is -2.32. The van der Waals surface area contributed by atoms with Crippen LogP contribution in [0.5, 0.6) is 11.5 Å². The van der Waals surface area contributed by atoms with E-state index in [2.05, 4.69) is 4.90 Å². The maximum absolute atomic E-state index is 12.8. The number of carbonyl (C=O) groups excluding carboxylic acids is 2. The largest absolute Gasteiger partial charge is 0.493 e. The van der Waals surface area contributed by atoms with Gasteiger partial charge in [-0.1, -0.05) is 42.5 Å². The molecule has 3 aromatic carbocycles. The number of para-hydroxylation sites is 3. The fourth-order valence-corrected chi connectivity index (χ4v) is 4.29. The highest BCUT2D eigenvalue weighted by Gasteiger charge is 2.34. The number of hydrogen-bond acceptors (Lipinski definition) is 6. The second-order valence-corrected chi connectivity index (χ2v) is 8.31. The summed E-state index contributed by atoms with van der Waals surface area (Å²) in [6.45, 7) is 0.354. The van der Waals surface area contributed by atoms with Crippen LogP contribution in [0.2, 0.25) is 0 Å². The number of benzene rings is 3. The van der Waals surface area contributed by atoms with E-state index in [4.69, 9.17) is 9.47 Å². The van der Waals surface area contributed by atoms with Crippen molar-refractivity contribution in [1.29, 1.82) is 0 Å². The Labute approximate surface area is 197 Å². The average molecular weight is 461 g/mol. The molecule has 6 nitrogen and oxygen atoms in total. The number of rotatable bonds is 8. The van der Waals surface area contributed by atoms with Crippen LogP contribution in [0.15, 0.2) is 83.8 Å². The molecule has 168 valence electrons. The molecule has 0 atom stereocenters. The summed E-state index contributed by atoms with van der Waals surface area (Å²) in [6.07, 6.45) is 1.75. The van der Waals surface area contributed by atoms with E-state index in [1.807, 2.05) is 73.8 Å². The normalized spacial score (nSPS) is 14.6. The smallest absolute Gasteiger partial charge is 0.293 e. The number of amides is 2. The third-order valence-electron chi connectivity index (χ3n) is 5.24. The molecule has 1 aliphatic heterocycles. The van der Waals surface area contributed by atoms with Gasteiger partial charge >= 0.3 is 0 Å². The number of anilines is 2. The van der Waals surface area contributed by atoms with Crippen LogP contribution in [0.3, 0.4) is 0 Å². The van der Waals surface area contributed by atoms with Gasteiger partial charge < -0.3 is 14.4 Å². The van der Waals surface area contributed by atoms with Crippen molar-refractivity contribution in [2.75, 3.05) is 32.2 Å². The summed E-state index contributed by atoms with van der Waals surface area (Å²) in [4.78, 5) is 28.9. The summed E-state index contributed by atoms with van der Waals surface area (Å²) >= 11 is 0.946. The van der Waals surface area contributed by atoms with E-state index in [1.165, 1.54) is 4.90 Å². The Kier molecular flexibility index (Phi) is 7.00. The lowest BCUT2D eigenvalue weighted by atomic mass is 10.1. The highest BCUT2D eigenvalue weighted by Crippen LogP contribution is 2.33. The molecular formula is C26H24N2O4S. The van der Waals surface area contributed by atoms with Gasteiger partial charge in [0.1, 0.15) is 6.61 Å². The molecule has 0 unspecified atom stereocenters. The molecule has 3 aromatic rings. The average Bonchev–Trinajstić information content (AvgIpc) is 3.12. The summed E-state index contributed by atoms with van der Waals surface area (Å²) in [5, 5.41) is -0.296. The Balaban J connectivity index is 1.39. The van der Waals surface area contributed by atoms with E-state index in [0.29, 0.717) is 16.4 Å². The minimum atomic E-state index is -0.306. The quantitative estimate of drug-likeness (QED) is 0.409. The number of hydrogen-bond donors (Lipinski definition) is 0. The number of methoxy groups -OCH3 is 1. The van der Waals surface area contributed by atoms with Crippen molar-refractivity contribution < 1.29 is 19.1 Å². The summed E-state index contributed by atoms with van der Waals surface area (Å²) < 4.78 is 11.0. The van der Waals surface area contributed by atoms with Crippen LogP contribution in [0, 0.1) is 0 Å². The van der Waals surface area contributed by atoms with Crippen LogP contribution in [0.1, 0.15) is 5.56 Å². The molecular weight excluding hydrogens is 436 g/mol. The third kappa shape index (κ3) is 5.21. The molecule has 0 radical (unpaired) electrons. The Hall–Kier alpha value is -3.71. The summed E-state index contributed by atoms with van der Waals surface area (Å²) in [7, 11) is 3.57. The highest BCUT2D eigenvalue weighted by molar-refractivity contribution is 8.18. The molecule has 33 heavy (non-hydrogen) atoms. The van der Waals surface area contributed by atoms with Crippen LogP contribution < -0.4 is 14.4 Å². The van der Waals surface area contributed by atoms with E-state index in [9.17, 15) is 9.59 Å². The van der Waals surface area contributed by atoms with Gasteiger partial charge in [0.25, 0.3) is 11.1 Å². The van der Waals surface area contributed by atoms with Gasteiger partial charge in [-0.25, -0.2) is 0 Å². The fraction of sp³-hybridized carbons (Fsp3) is 0.154. The number of ether oxygens (including phenoxy) is 2. The summed E-state index contributed by atoms with van der Waals surface area (Å²) in [6, 6.07) is 25.2.